The normalized spacial score (nSPS) is 16.3. The van der Waals surface area contributed by atoms with Gasteiger partial charge in [0.25, 0.3) is 11.8 Å². The van der Waals surface area contributed by atoms with Gasteiger partial charge in [-0.25, -0.2) is 0 Å². The van der Waals surface area contributed by atoms with Crippen LogP contribution in [0, 0.1) is 0 Å². The minimum atomic E-state index is -0.266. The Morgan fingerprint density at radius 1 is 0.737 bits per heavy atom. The zero-order valence-electron chi connectivity index (χ0n) is 21.7. The smallest absolute Gasteiger partial charge is 0.258 e. The first-order valence-corrected chi connectivity index (χ1v) is 12.6. The number of hydrogen-bond acceptors (Lipinski definition) is 4. The second-order valence-corrected chi connectivity index (χ2v) is 9.30. The molecular formula is C32H30N2O4. The van der Waals surface area contributed by atoms with Gasteiger partial charge in [0.15, 0.2) is 0 Å². The van der Waals surface area contributed by atoms with Crippen molar-refractivity contribution in [2.75, 3.05) is 24.0 Å². The Balaban J connectivity index is 1.57. The van der Waals surface area contributed by atoms with Crippen LogP contribution >= 0.6 is 0 Å². The van der Waals surface area contributed by atoms with Crippen LogP contribution in [0.5, 0.6) is 11.5 Å². The summed E-state index contributed by atoms with van der Waals surface area (Å²) < 4.78 is 10.5. The summed E-state index contributed by atoms with van der Waals surface area (Å²) in [5.41, 5.74) is 3.69. The van der Waals surface area contributed by atoms with Crippen LogP contribution in [0.4, 0.5) is 11.4 Å². The van der Waals surface area contributed by atoms with E-state index in [0.29, 0.717) is 29.0 Å². The molecular weight excluding hydrogens is 476 g/mol. The third-order valence-corrected chi connectivity index (χ3v) is 7.02. The lowest BCUT2D eigenvalue weighted by Gasteiger charge is -2.43. The standard InChI is InChI=1S/C32H30N2O4/c1-22-21-30(34(25-9-5-4-6-10-25)32(36)24-15-19-27(38-3)20-16-24)28-11-7-8-12-29(28)33(22)31(35)23-13-17-26(37-2)18-14-23/h4-20,22,30H,21H2,1-3H3. The van der Waals surface area contributed by atoms with Crippen molar-refractivity contribution in [3.05, 3.63) is 120 Å². The topological polar surface area (TPSA) is 59.1 Å². The maximum absolute atomic E-state index is 14.1. The van der Waals surface area contributed by atoms with Crippen molar-refractivity contribution in [2.45, 2.75) is 25.4 Å². The summed E-state index contributed by atoms with van der Waals surface area (Å²) >= 11 is 0. The van der Waals surface area contributed by atoms with E-state index in [9.17, 15) is 9.59 Å². The lowest BCUT2D eigenvalue weighted by Crippen LogP contribution is -2.47. The van der Waals surface area contributed by atoms with E-state index >= 15 is 0 Å². The van der Waals surface area contributed by atoms with Crippen LogP contribution in [-0.4, -0.2) is 32.1 Å². The second-order valence-electron chi connectivity index (χ2n) is 9.30. The molecule has 2 unspecified atom stereocenters. The molecule has 0 N–H and O–H groups in total. The molecule has 0 saturated heterocycles. The van der Waals surface area contributed by atoms with Gasteiger partial charge in [0.05, 0.1) is 20.3 Å². The van der Waals surface area contributed by atoms with Crippen molar-refractivity contribution in [2.24, 2.45) is 0 Å². The molecule has 1 aliphatic heterocycles. The van der Waals surface area contributed by atoms with Crippen molar-refractivity contribution < 1.29 is 19.1 Å². The average molecular weight is 507 g/mol. The van der Waals surface area contributed by atoms with Gasteiger partial charge in [-0.2, -0.15) is 0 Å². The van der Waals surface area contributed by atoms with Crippen LogP contribution in [0.3, 0.4) is 0 Å². The largest absolute Gasteiger partial charge is 0.497 e. The van der Waals surface area contributed by atoms with E-state index in [1.807, 2.05) is 71.3 Å². The lowest BCUT2D eigenvalue weighted by molar-refractivity contribution is 0.0965. The molecule has 0 fully saturated rings. The van der Waals surface area contributed by atoms with E-state index in [4.69, 9.17) is 9.47 Å². The molecule has 4 aromatic rings. The number of anilines is 2. The van der Waals surface area contributed by atoms with E-state index < -0.39 is 0 Å². The van der Waals surface area contributed by atoms with Gasteiger partial charge in [-0.1, -0.05) is 36.4 Å². The van der Waals surface area contributed by atoms with Gasteiger partial charge in [-0.3, -0.25) is 9.59 Å². The first-order chi connectivity index (χ1) is 18.5. The number of amides is 2. The zero-order chi connectivity index (χ0) is 26.6. The minimum Gasteiger partial charge on any atom is -0.497 e. The monoisotopic (exact) mass is 506 g/mol. The van der Waals surface area contributed by atoms with Crippen LogP contribution in [0.1, 0.15) is 45.7 Å². The number of methoxy groups -OCH3 is 2. The van der Waals surface area contributed by atoms with Gasteiger partial charge in [0.2, 0.25) is 0 Å². The van der Waals surface area contributed by atoms with Gasteiger partial charge < -0.3 is 19.3 Å². The lowest BCUT2D eigenvalue weighted by atomic mass is 9.89. The highest BCUT2D eigenvalue weighted by Gasteiger charge is 2.39. The Hall–Kier alpha value is -4.58. The Bertz CT molecular complexity index is 1420. The van der Waals surface area contributed by atoms with Crippen LogP contribution in [0.15, 0.2) is 103 Å². The Morgan fingerprint density at radius 3 is 1.89 bits per heavy atom. The van der Waals surface area contributed by atoms with Crippen molar-refractivity contribution in [3.63, 3.8) is 0 Å². The molecule has 38 heavy (non-hydrogen) atoms. The fraction of sp³-hybridized carbons (Fsp3) is 0.188. The fourth-order valence-corrected chi connectivity index (χ4v) is 5.11. The molecule has 0 aliphatic carbocycles. The molecule has 6 heteroatoms. The average Bonchev–Trinajstić information content (AvgIpc) is 2.97. The predicted octanol–water partition coefficient (Wildman–Crippen LogP) is 6.53. The molecule has 1 heterocycles. The van der Waals surface area contributed by atoms with E-state index in [1.54, 1.807) is 62.8 Å². The number of para-hydroxylation sites is 2. The highest BCUT2D eigenvalue weighted by molar-refractivity contribution is 6.09. The van der Waals surface area contributed by atoms with E-state index in [1.165, 1.54) is 0 Å². The summed E-state index contributed by atoms with van der Waals surface area (Å²) in [6.07, 6.45) is 0.579. The number of benzene rings is 4. The maximum atomic E-state index is 14.1. The molecule has 192 valence electrons. The Morgan fingerprint density at radius 2 is 1.29 bits per heavy atom. The first-order valence-electron chi connectivity index (χ1n) is 12.6. The predicted molar refractivity (Wildman–Crippen MR) is 149 cm³/mol. The molecule has 6 nitrogen and oxygen atoms in total. The van der Waals surface area contributed by atoms with E-state index in [2.05, 4.69) is 0 Å². The van der Waals surface area contributed by atoms with Crippen molar-refractivity contribution >= 4 is 23.2 Å². The number of carbonyl (C=O) groups is 2. The summed E-state index contributed by atoms with van der Waals surface area (Å²) in [5.74, 6) is 1.20. The van der Waals surface area contributed by atoms with Gasteiger partial charge in [-0.15, -0.1) is 0 Å². The Labute approximate surface area is 223 Å². The summed E-state index contributed by atoms with van der Waals surface area (Å²) in [5, 5.41) is 0. The van der Waals surface area contributed by atoms with Gasteiger partial charge in [0, 0.05) is 28.5 Å². The molecule has 0 spiro atoms. The number of carbonyl (C=O) groups excluding carboxylic acids is 2. The maximum Gasteiger partial charge on any atom is 0.258 e. The van der Waals surface area contributed by atoms with Crippen LogP contribution in [-0.2, 0) is 0 Å². The number of rotatable bonds is 6. The third kappa shape index (κ3) is 4.73. The summed E-state index contributed by atoms with van der Waals surface area (Å²) in [6, 6.07) is 31.5. The fourth-order valence-electron chi connectivity index (χ4n) is 5.11. The highest BCUT2D eigenvalue weighted by atomic mass is 16.5. The third-order valence-electron chi connectivity index (χ3n) is 7.02. The summed E-state index contributed by atoms with van der Waals surface area (Å²) in [6.45, 7) is 2.03. The van der Waals surface area contributed by atoms with E-state index in [0.717, 1.165) is 16.9 Å². The van der Waals surface area contributed by atoms with Gasteiger partial charge >= 0.3 is 0 Å². The van der Waals surface area contributed by atoms with Crippen LogP contribution in [0.25, 0.3) is 0 Å². The number of hydrogen-bond donors (Lipinski definition) is 0. The Kier molecular flexibility index (Phi) is 7.13. The number of nitrogens with zero attached hydrogens (tertiary/aromatic N) is 2. The molecule has 5 rings (SSSR count). The summed E-state index contributed by atoms with van der Waals surface area (Å²) in [7, 11) is 3.21. The summed E-state index contributed by atoms with van der Waals surface area (Å²) in [4.78, 5) is 31.5. The first kappa shape index (κ1) is 25.1. The molecule has 0 saturated carbocycles. The molecule has 2 amide bonds. The molecule has 0 radical (unpaired) electrons. The van der Waals surface area contributed by atoms with Crippen LogP contribution in [0.2, 0.25) is 0 Å². The van der Waals surface area contributed by atoms with Crippen LogP contribution < -0.4 is 19.3 Å². The molecule has 4 aromatic carbocycles. The zero-order valence-corrected chi connectivity index (χ0v) is 21.7. The van der Waals surface area contributed by atoms with Crippen molar-refractivity contribution in [1.82, 2.24) is 0 Å². The molecule has 2 atom stereocenters. The minimum absolute atomic E-state index is 0.0844. The van der Waals surface area contributed by atoms with Gasteiger partial charge in [0.1, 0.15) is 11.5 Å². The molecule has 0 aromatic heterocycles. The number of ether oxygens (including phenoxy) is 2. The van der Waals surface area contributed by atoms with Gasteiger partial charge in [-0.05, 0) is 85.6 Å². The second kappa shape index (κ2) is 10.8. The SMILES string of the molecule is COc1ccc(C(=O)N2c3ccccc3C(N(C(=O)c3ccc(OC)cc3)c3ccccc3)CC2C)cc1. The number of fused-ring (bicyclic) bond motifs is 1. The highest BCUT2D eigenvalue weighted by Crippen LogP contribution is 2.43. The quantitative estimate of drug-likeness (QED) is 0.298. The molecule has 0 bridgehead atoms. The van der Waals surface area contributed by atoms with Crippen molar-refractivity contribution in [1.29, 1.82) is 0 Å². The van der Waals surface area contributed by atoms with Crippen molar-refractivity contribution in [3.8, 4) is 11.5 Å². The van der Waals surface area contributed by atoms with E-state index in [-0.39, 0.29) is 23.9 Å². The molecule has 1 aliphatic rings.